The zero-order valence-electron chi connectivity index (χ0n) is 14.0. The van der Waals surface area contributed by atoms with Gasteiger partial charge in [-0.15, -0.1) is 11.3 Å². The number of nitrogens with zero attached hydrogens (tertiary/aromatic N) is 5. The van der Waals surface area contributed by atoms with Gasteiger partial charge in [-0.25, -0.2) is 9.78 Å². The largest absolute Gasteiger partial charge is 0.497 e. The van der Waals surface area contributed by atoms with E-state index in [1.807, 2.05) is 30.5 Å². The average molecular weight is 365 g/mol. The summed E-state index contributed by atoms with van der Waals surface area (Å²) >= 11 is 1.59. The van der Waals surface area contributed by atoms with Crippen molar-refractivity contribution in [3.63, 3.8) is 0 Å². The quantitative estimate of drug-likeness (QED) is 0.557. The highest BCUT2D eigenvalue weighted by atomic mass is 32.1. The monoisotopic (exact) mass is 365 g/mol. The minimum Gasteiger partial charge on any atom is -0.497 e. The molecule has 26 heavy (non-hydrogen) atoms. The summed E-state index contributed by atoms with van der Waals surface area (Å²) in [6, 6.07) is 7.74. The molecule has 0 saturated carbocycles. The maximum absolute atomic E-state index is 13.0. The number of hydrogen-bond donors (Lipinski definition) is 0. The molecule has 1 aliphatic rings. The topological polar surface area (TPSA) is 73.8 Å². The lowest BCUT2D eigenvalue weighted by atomic mass is 10.1. The Kier molecular flexibility index (Phi) is 3.39. The van der Waals surface area contributed by atoms with Crippen molar-refractivity contribution in [3.05, 3.63) is 57.1 Å². The van der Waals surface area contributed by atoms with Crippen molar-refractivity contribution in [1.82, 2.24) is 19.2 Å². The highest BCUT2D eigenvalue weighted by Crippen LogP contribution is 2.34. The summed E-state index contributed by atoms with van der Waals surface area (Å²) < 4.78 is 8.38. The Morgan fingerprint density at radius 3 is 2.92 bits per heavy atom. The molecule has 0 bridgehead atoms. The van der Waals surface area contributed by atoms with Gasteiger partial charge in [0, 0.05) is 12.8 Å². The Labute approximate surface area is 152 Å². The summed E-state index contributed by atoms with van der Waals surface area (Å²) in [6.07, 6.45) is 4.20. The highest BCUT2D eigenvalue weighted by molar-refractivity contribution is 7.20. The molecule has 4 aromatic rings. The van der Waals surface area contributed by atoms with Crippen molar-refractivity contribution < 1.29 is 4.74 Å². The SMILES string of the molecule is COc1ccc(Cn2c(=O)n3ncnc3c3c4c(sc32)C=NCC4)cc1. The van der Waals surface area contributed by atoms with Gasteiger partial charge in [0.15, 0.2) is 5.65 Å². The Morgan fingerprint density at radius 2 is 2.12 bits per heavy atom. The molecule has 0 aliphatic carbocycles. The molecule has 1 aromatic carbocycles. The fourth-order valence-corrected chi connectivity index (χ4v) is 4.60. The van der Waals surface area contributed by atoms with E-state index >= 15 is 0 Å². The van der Waals surface area contributed by atoms with Crippen LogP contribution in [0, 0.1) is 0 Å². The summed E-state index contributed by atoms with van der Waals surface area (Å²) in [4.78, 5) is 23.8. The van der Waals surface area contributed by atoms with Gasteiger partial charge in [0.2, 0.25) is 0 Å². The molecule has 1 aliphatic heterocycles. The number of thiophene rings is 1. The van der Waals surface area contributed by atoms with Crippen LogP contribution in [-0.4, -0.2) is 39.0 Å². The highest BCUT2D eigenvalue weighted by Gasteiger charge is 2.22. The van der Waals surface area contributed by atoms with Crippen molar-refractivity contribution in [2.45, 2.75) is 13.0 Å². The number of methoxy groups -OCH3 is 1. The molecular formula is C18H15N5O2S. The van der Waals surface area contributed by atoms with Crippen LogP contribution in [0.15, 0.2) is 40.4 Å². The van der Waals surface area contributed by atoms with Crippen LogP contribution in [0.5, 0.6) is 5.75 Å². The summed E-state index contributed by atoms with van der Waals surface area (Å²) in [6.45, 7) is 1.22. The minimum absolute atomic E-state index is 0.184. The van der Waals surface area contributed by atoms with Gasteiger partial charge in [0.1, 0.15) is 16.9 Å². The normalized spacial score (nSPS) is 13.4. The molecule has 7 nitrogen and oxygen atoms in total. The number of rotatable bonds is 3. The fraction of sp³-hybridized carbons (Fsp3) is 0.222. The molecule has 0 saturated heterocycles. The van der Waals surface area contributed by atoms with E-state index in [9.17, 15) is 4.79 Å². The van der Waals surface area contributed by atoms with E-state index in [2.05, 4.69) is 15.1 Å². The van der Waals surface area contributed by atoms with Crippen LogP contribution < -0.4 is 10.4 Å². The van der Waals surface area contributed by atoms with Crippen molar-refractivity contribution >= 4 is 33.4 Å². The first kappa shape index (κ1) is 15.3. The van der Waals surface area contributed by atoms with E-state index in [1.165, 1.54) is 16.4 Å². The second kappa shape index (κ2) is 5.77. The van der Waals surface area contributed by atoms with Crippen LogP contribution >= 0.6 is 11.3 Å². The molecule has 8 heteroatoms. The lowest BCUT2D eigenvalue weighted by molar-refractivity contribution is 0.414. The summed E-state index contributed by atoms with van der Waals surface area (Å²) in [7, 11) is 1.64. The Balaban J connectivity index is 1.77. The summed E-state index contributed by atoms with van der Waals surface area (Å²) in [5.74, 6) is 0.792. The van der Waals surface area contributed by atoms with E-state index in [1.54, 1.807) is 23.0 Å². The number of aliphatic imine (C=N–C) groups is 1. The predicted octanol–water partition coefficient (Wildman–Crippen LogP) is 2.14. The van der Waals surface area contributed by atoms with Crippen molar-refractivity contribution in [3.8, 4) is 5.75 Å². The third-order valence-corrected chi connectivity index (χ3v) is 5.84. The summed E-state index contributed by atoms with van der Waals surface area (Å²) in [5, 5.41) is 5.17. The molecule has 5 rings (SSSR count). The van der Waals surface area contributed by atoms with E-state index in [0.29, 0.717) is 12.2 Å². The zero-order valence-corrected chi connectivity index (χ0v) is 14.9. The second-order valence-electron chi connectivity index (χ2n) is 6.12. The van der Waals surface area contributed by atoms with Gasteiger partial charge in [-0.3, -0.25) is 9.56 Å². The predicted molar refractivity (Wildman–Crippen MR) is 101 cm³/mol. The van der Waals surface area contributed by atoms with E-state index in [4.69, 9.17) is 4.74 Å². The van der Waals surface area contributed by atoms with Gasteiger partial charge >= 0.3 is 5.69 Å². The van der Waals surface area contributed by atoms with Crippen LogP contribution in [0.25, 0.3) is 15.9 Å². The molecule has 0 amide bonds. The van der Waals surface area contributed by atoms with Gasteiger partial charge in [0.25, 0.3) is 0 Å². The standard InChI is InChI=1S/C18H15N5O2S/c1-25-12-4-2-11(3-5-12)9-22-17-15(13-6-7-19-8-14(13)26-17)16-20-10-21-23(16)18(22)24/h2-5,8,10H,6-7,9H2,1H3. The third-order valence-electron chi connectivity index (χ3n) is 4.65. The lowest BCUT2D eigenvalue weighted by Gasteiger charge is -2.10. The summed E-state index contributed by atoms with van der Waals surface area (Å²) in [5.41, 5.74) is 2.68. The van der Waals surface area contributed by atoms with E-state index in [-0.39, 0.29) is 5.69 Å². The number of fused-ring (bicyclic) bond motifs is 5. The van der Waals surface area contributed by atoms with Gasteiger partial charge in [-0.1, -0.05) is 12.1 Å². The van der Waals surface area contributed by atoms with Crippen LogP contribution in [0.2, 0.25) is 0 Å². The molecule has 0 unspecified atom stereocenters. The van der Waals surface area contributed by atoms with Gasteiger partial charge in [-0.05, 0) is 29.7 Å². The van der Waals surface area contributed by atoms with E-state index in [0.717, 1.165) is 39.4 Å². The van der Waals surface area contributed by atoms with Crippen LogP contribution in [0.4, 0.5) is 0 Å². The Bertz CT molecular complexity index is 1220. The van der Waals surface area contributed by atoms with E-state index < -0.39 is 0 Å². The first-order valence-electron chi connectivity index (χ1n) is 8.27. The molecule has 4 heterocycles. The molecule has 0 spiro atoms. The third kappa shape index (κ3) is 2.19. The van der Waals surface area contributed by atoms with Gasteiger partial charge in [-0.2, -0.15) is 9.61 Å². The lowest BCUT2D eigenvalue weighted by Crippen LogP contribution is -2.27. The molecule has 0 atom stereocenters. The van der Waals surface area contributed by atoms with Crippen LogP contribution in [0.3, 0.4) is 0 Å². The Hall–Kier alpha value is -3.00. The van der Waals surface area contributed by atoms with Crippen molar-refractivity contribution in [2.24, 2.45) is 4.99 Å². The molecule has 3 aromatic heterocycles. The van der Waals surface area contributed by atoms with Crippen LogP contribution in [-0.2, 0) is 13.0 Å². The molecule has 0 fully saturated rings. The molecule has 0 N–H and O–H groups in total. The first-order valence-corrected chi connectivity index (χ1v) is 9.08. The zero-order chi connectivity index (χ0) is 17.7. The fourth-order valence-electron chi connectivity index (χ4n) is 3.37. The average Bonchev–Trinajstić information content (AvgIpc) is 3.30. The van der Waals surface area contributed by atoms with Crippen molar-refractivity contribution in [2.75, 3.05) is 13.7 Å². The smallest absolute Gasteiger partial charge is 0.352 e. The number of benzene rings is 1. The number of aromatic nitrogens is 4. The van der Waals surface area contributed by atoms with Crippen molar-refractivity contribution in [1.29, 1.82) is 0 Å². The maximum Gasteiger partial charge on any atom is 0.352 e. The van der Waals surface area contributed by atoms with Gasteiger partial charge in [0.05, 0.1) is 23.9 Å². The Morgan fingerprint density at radius 1 is 1.27 bits per heavy atom. The maximum atomic E-state index is 13.0. The molecule has 130 valence electrons. The second-order valence-corrected chi connectivity index (χ2v) is 7.15. The number of hydrogen-bond acceptors (Lipinski definition) is 6. The number of ether oxygens (including phenoxy) is 1. The van der Waals surface area contributed by atoms with Gasteiger partial charge < -0.3 is 4.74 Å². The minimum atomic E-state index is -0.184. The molecule has 0 radical (unpaired) electrons. The molecular weight excluding hydrogens is 350 g/mol. The van der Waals surface area contributed by atoms with Crippen LogP contribution in [0.1, 0.15) is 16.0 Å². The first-order chi connectivity index (χ1) is 12.8.